The van der Waals surface area contributed by atoms with Crippen LogP contribution in [-0.2, 0) is 0 Å². The lowest BCUT2D eigenvalue weighted by Gasteiger charge is -2.06. The average molecular weight is 324 g/mol. The molecule has 2 aromatic carbocycles. The van der Waals surface area contributed by atoms with Gasteiger partial charge in [0.05, 0.1) is 14.2 Å². The van der Waals surface area contributed by atoms with Crippen molar-refractivity contribution < 1.29 is 14.5 Å². The van der Waals surface area contributed by atoms with Gasteiger partial charge in [-0.05, 0) is 56.2 Å². The quantitative estimate of drug-likeness (QED) is 0.677. The predicted molar refractivity (Wildman–Crippen MR) is 101 cm³/mol. The molecule has 0 bridgehead atoms. The van der Waals surface area contributed by atoms with Crippen LogP contribution in [0.5, 0.6) is 11.5 Å². The Morgan fingerprint density at radius 2 is 1.25 bits per heavy atom. The first-order valence-electron chi connectivity index (χ1n) is 8.02. The Morgan fingerprint density at radius 3 is 1.75 bits per heavy atom. The molecule has 0 aliphatic carbocycles. The summed E-state index contributed by atoms with van der Waals surface area (Å²) in [5.74, 6) is 1.57. The third-order valence-corrected chi connectivity index (χ3v) is 3.45. The summed E-state index contributed by atoms with van der Waals surface area (Å²) in [6, 6.07) is 14.2. The van der Waals surface area contributed by atoms with E-state index in [1.54, 1.807) is 14.2 Å². The maximum Gasteiger partial charge on any atom is 0.169 e. The van der Waals surface area contributed by atoms with E-state index < -0.39 is 0 Å². The molecule has 2 aromatic rings. The highest BCUT2D eigenvalue weighted by molar-refractivity contribution is 5.77. The van der Waals surface area contributed by atoms with Crippen molar-refractivity contribution in [3.8, 4) is 11.5 Å². The Balaban J connectivity index is 2.13. The molecular weight excluding hydrogens is 298 g/mol. The Morgan fingerprint density at radius 1 is 0.750 bits per heavy atom. The molecule has 0 heterocycles. The van der Waals surface area contributed by atoms with Gasteiger partial charge in [0, 0.05) is 11.6 Å². The Kier molecular flexibility index (Phi) is 5.80. The predicted octanol–water partition coefficient (Wildman–Crippen LogP) is 3.17. The van der Waals surface area contributed by atoms with Crippen molar-refractivity contribution in [2.75, 3.05) is 14.2 Å². The van der Waals surface area contributed by atoms with Crippen molar-refractivity contribution >= 4 is 18.4 Å². The fourth-order valence-electron chi connectivity index (χ4n) is 2.12. The van der Waals surface area contributed by atoms with E-state index in [9.17, 15) is 0 Å². The molecule has 0 spiro atoms. The van der Waals surface area contributed by atoms with E-state index in [0.29, 0.717) is 0 Å². The van der Waals surface area contributed by atoms with Crippen molar-refractivity contribution in [2.45, 2.75) is 26.3 Å². The first kappa shape index (κ1) is 17.8. The minimum atomic E-state index is 0.0734. The fourth-order valence-corrected chi connectivity index (χ4v) is 2.12. The summed E-state index contributed by atoms with van der Waals surface area (Å²) >= 11 is 0. The van der Waals surface area contributed by atoms with Gasteiger partial charge in [0.1, 0.15) is 11.5 Å². The van der Waals surface area contributed by atoms with Gasteiger partial charge in [-0.3, -0.25) is 0 Å². The second-order valence-corrected chi connectivity index (χ2v) is 6.68. The average Bonchev–Trinajstić information content (AvgIpc) is 2.58. The third kappa shape index (κ3) is 5.58. The van der Waals surface area contributed by atoms with Gasteiger partial charge in [-0.25, -0.2) is 4.99 Å². The molecule has 0 saturated heterocycles. The number of benzene rings is 2. The summed E-state index contributed by atoms with van der Waals surface area (Å²) in [6.07, 6.45) is 6.17. The molecule has 0 unspecified atom stereocenters. The van der Waals surface area contributed by atoms with Crippen LogP contribution in [0.2, 0.25) is 0 Å². The molecule has 0 atom stereocenters. The molecule has 3 heteroatoms. The summed E-state index contributed by atoms with van der Waals surface area (Å²) in [4.78, 5) is 3.37. The van der Waals surface area contributed by atoms with Crippen LogP contribution in [0.25, 0.3) is 12.2 Å². The van der Waals surface area contributed by atoms with Crippen molar-refractivity contribution in [3.05, 3.63) is 59.2 Å². The Labute approximate surface area is 144 Å². The number of ether oxygens (including phenoxy) is 2. The second kappa shape index (κ2) is 7.82. The lowest BCUT2D eigenvalue weighted by atomic mass is 10.1. The van der Waals surface area contributed by atoms with Crippen LogP contribution in [0.3, 0.4) is 0 Å². The minimum absolute atomic E-state index is 0.0734. The lowest BCUT2D eigenvalue weighted by Crippen LogP contribution is -2.81. The van der Waals surface area contributed by atoms with E-state index >= 15 is 0 Å². The normalized spacial score (nSPS) is 12.0. The van der Waals surface area contributed by atoms with E-state index in [1.807, 2.05) is 24.4 Å². The van der Waals surface area contributed by atoms with E-state index in [0.717, 1.165) is 28.2 Å². The van der Waals surface area contributed by atoms with Crippen LogP contribution in [0.15, 0.2) is 42.5 Å². The van der Waals surface area contributed by atoms with E-state index in [1.165, 1.54) is 0 Å². The van der Waals surface area contributed by atoms with Gasteiger partial charge in [0.2, 0.25) is 0 Å². The van der Waals surface area contributed by atoms with Gasteiger partial charge < -0.3 is 9.47 Å². The highest BCUT2D eigenvalue weighted by atomic mass is 16.5. The van der Waals surface area contributed by atoms with Gasteiger partial charge in [-0.2, -0.15) is 0 Å². The van der Waals surface area contributed by atoms with E-state index in [4.69, 9.17) is 9.47 Å². The van der Waals surface area contributed by atoms with Gasteiger partial charge in [-0.15, -0.1) is 0 Å². The number of methoxy groups -OCH3 is 2. The number of hydrogen-bond donors (Lipinski definition) is 1. The number of rotatable bonds is 5. The van der Waals surface area contributed by atoms with Gasteiger partial charge in [0.15, 0.2) is 11.8 Å². The highest BCUT2D eigenvalue weighted by Gasteiger charge is 2.11. The topological polar surface area (TPSA) is 32.4 Å². The summed E-state index contributed by atoms with van der Waals surface area (Å²) in [5, 5.41) is 0. The second-order valence-electron chi connectivity index (χ2n) is 6.68. The molecular formula is C21H26NO2+. The Bertz CT molecular complexity index is 700. The minimum Gasteiger partial charge on any atom is -0.497 e. The van der Waals surface area contributed by atoms with E-state index in [-0.39, 0.29) is 5.54 Å². The number of hydrogen-bond acceptors (Lipinski definition) is 2. The monoisotopic (exact) mass is 324 g/mol. The fraction of sp³-hybridized carbons (Fsp3) is 0.286. The zero-order valence-corrected chi connectivity index (χ0v) is 15.1. The lowest BCUT2D eigenvalue weighted by molar-refractivity contribution is -0.533. The molecule has 0 fully saturated rings. The molecule has 0 amide bonds. The van der Waals surface area contributed by atoms with Crippen LogP contribution < -0.4 is 14.5 Å². The SMILES string of the molecule is COc1cc(/C=C/c2ccc(C=[NH+]C(C)(C)C)cc2)cc(OC)c1. The molecule has 0 saturated carbocycles. The standard InChI is InChI=1S/C21H25NO2/c1-21(2,3)22-15-17-9-6-16(7-10-17)8-11-18-12-19(23-4)14-20(13-18)24-5/h6-15H,1-5H3/p+1/b11-8+,22-15?. The summed E-state index contributed by atoms with van der Waals surface area (Å²) in [5.41, 5.74) is 3.41. The van der Waals surface area contributed by atoms with Crippen LogP contribution >= 0.6 is 0 Å². The summed E-state index contributed by atoms with van der Waals surface area (Å²) in [7, 11) is 3.31. The van der Waals surface area contributed by atoms with Crippen molar-refractivity contribution in [3.63, 3.8) is 0 Å². The van der Waals surface area contributed by atoms with Crippen LogP contribution in [0.1, 0.15) is 37.5 Å². The molecule has 0 aliphatic rings. The molecule has 1 N–H and O–H groups in total. The molecule has 2 rings (SSSR count). The van der Waals surface area contributed by atoms with E-state index in [2.05, 4.69) is 62.2 Å². The summed E-state index contributed by atoms with van der Waals surface area (Å²) < 4.78 is 10.6. The maximum absolute atomic E-state index is 5.29. The first-order chi connectivity index (χ1) is 11.4. The van der Waals surface area contributed by atoms with Gasteiger partial charge in [-0.1, -0.05) is 24.3 Å². The molecule has 126 valence electrons. The Hall–Kier alpha value is -2.55. The smallest absolute Gasteiger partial charge is 0.169 e. The van der Waals surface area contributed by atoms with Gasteiger partial charge in [0.25, 0.3) is 0 Å². The molecule has 0 radical (unpaired) electrons. The van der Waals surface area contributed by atoms with Crippen LogP contribution in [0.4, 0.5) is 0 Å². The largest absolute Gasteiger partial charge is 0.497 e. The zero-order valence-electron chi connectivity index (χ0n) is 15.1. The third-order valence-electron chi connectivity index (χ3n) is 3.45. The van der Waals surface area contributed by atoms with Crippen LogP contribution in [0, 0.1) is 0 Å². The van der Waals surface area contributed by atoms with Crippen molar-refractivity contribution in [1.82, 2.24) is 0 Å². The zero-order chi connectivity index (χ0) is 17.6. The van der Waals surface area contributed by atoms with Crippen molar-refractivity contribution in [2.24, 2.45) is 0 Å². The summed E-state index contributed by atoms with van der Waals surface area (Å²) in [6.45, 7) is 6.43. The molecule has 24 heavy (non-hydrogen) atoms. The molecule has 0 aliphatic heterocycles. The number of nitrogens with one attached hydrogen (secondary N) is 1. The van der Waals surface area contributed by atoms with Gasteiger partial charge >= 0.3 is 0 Å². The molecule has 3 nitrogen and oxygen atoms in total. The molecule has 0 aromatic heterocycles. The highest BCUT2D eigenvalue weighted by Crippen LogP contribution is 2.23. The maximum atomic E-state index is 5.29. The van der Waals surface area contributed by atoms with Crippen LogP contribution in [-0.4, -0.2) is 26.0 Å². The van der Waals surface area contributed by atoms with Crippen molar-refractivity contribution in [1.29, 1.82) is 0 Å². The first-order valence-corrected chi connectivity index (χ1v) is 8.02.